The average Bonchev–Trinajstić information content (AvgIpc) is 3.27. The van der Waals surface area contributed by atoms with Gasteiger partial charge >= 0.3 is 6.03 Å². The SMILES string of the molecule is Cc1ccc(NC(=O)NC(=O)CSc2nnc(-c3ccc[nH]3)o2)cc1C. The van der Waals surface area contributed by atoms with Crippen molar-refractivity contribution in [3.63, 3.8) is 0 Å². The molecule has 0 saturated heterocycles. The molecule has 0 unspecified atom stereocenters. The van der Waals surface area contributed by atoms with E-state index in [9.17, 15) is 9.59 Å². The third-order valence-corrected chi connectivity index (χ3v) is 4.40. The van der Waals surface area contributed by atoms with Gasteiger partial charge in [0.25, 0.3) is 11.1 Å². The number of nitrogens with one attached hydrogen (secondary N) is 3. The Labute approximate surface area is 153 Å². The van der Waals surface area contributed by atoms with Crippen molar-refractivity contribution in [3.05, 3.63) is 47.7 Å². The molecule has 1 aromatic carbocycles. The maximum Gasteiger partial charge on any atom is 0.325 e. The molecule has 3 amide bonds. The molecule has 134 valence electrons. The second-order valence-electron chi connectivity index (χ2n) is 5.55. The lowest BCUT2D eigenvalue weighted by molar-refractivity contribution is -0.117. The number of anilines is 1. The number of aromatic nitrogens is 3. The second-order valence-corrected chi connectivity index (χ2v) is 6.47. The Bertz CT molecular complexity index is 920. The minimum Gasteiger partial charge on any atom is -0.410 e. The zero-order valence-corrected chi connectivity index (χ0v) is 15.0. The Kier molecular flexibility index (Phi) is 5.37. The van der Waals surface area contributed by atoms with Gasteiger partial charge in [0.05, 0.1) is 5.75 Å². The highest BCUT2D eigenvalue weighted by atomic mass is 32.2. The lowest BCUT2D eigenvalue weighted by atomic mass is 10.1. The minimum absolute atomic E-state index is 0.0211. The first kappa shape index (κ1) is 17.7. The summed E-state index contributed by atoms with van der Waals surface area (Å²) in [5, 5.41) is 12.9. The molecule has 0 radical (unpaired) electrons. The number of hydrogen-bond acceptors (Lipinski definition) is 6. The standard InChI is InChI=1S/C17H17N5O3S/c1-10-5-6-12(8-11(10)2)19-16(24)20-14(23)9-26-17-22-21-15(25-17)13-4-3-7-18-13/h3-8,18H,9H2,1-2H3,(H2,19,20,23,24). The number of carbonyl (C=O) groups excluding carboxylic acids is 2. The Hall–Kier alpha value is -3.07. The summed E-state index contributed by atoms with van der Waals surface area (Å²) in [4.78, 5) is 26.7. The first-order valence-corrected chi connectivity index (χ1v) is 8.78. The van der Waals surface area contributed by atoms with Crippen molar-refractivity contribution < 1.29 is 14.0 Å². The number of aromatic amines is 1. The van der Waals surface area contributed by atoms with Gasteiger partial charge in [0.15, 0.2) is 0 Å². The number of carbonyl (C=O) groups is 2. The summed E-state index contributed by atoms with van der Waals surface area (Å²) in [5.74, 6) is -0.145. The Morgan fingerprint density at radius 2 is 2.04 bits per heavy atom. The van der Waals surface area contributed by atoms with Gasteiger partial charge in [0.2, 0.25) is 5.91 Å². The first-order valence-electron chi connectivity index (χ1n) is 7.79. The van der Waals surface area contributed by atoms with E-state index < -0.39 is 11.9 Å². The van der Waals surface area contributed by atoms with Crippen LogP contribution in [-0.2, 0) is 4.79 Å². The van der Waals surface area contributed by atoms with Crippen LogP contribution >= 0.6 is 11.8 Å². The van der Waals surface area contributed by atoms with Crippen molar-refractivity contribution in [3.8, 4) is 11.6 Å². The van der Waals surface area contributed by atoms with Crippen LogP contribution in [0.2, 0.25) is 0 Å². The monoisotopic (exact) mass is 371 g/mol. The van der Waals surface area contributed by atoms with Gasteiger partial charge in [-0.25, -0.2) is 4.79 Å². The molecule has 0 aliphatic carbocycles. The molecule has 26 heavy (non-hydrogen) atoms. The summed E-state index contributed by atoms with van der Waals surface area (Å²) in [6.07, 6.45) is 1.74. The zero-order valence-electron chi connectivity index (χ0n) is 14.2. The van der Waals surface area contributed by atoms with Gasteiger partial charge in [-0.3, -0.25) is 10.1 Å². The number of rotatable bonds is 5. The van der Waals surface area contributed by atoms with Crippen molar-refractivity contribution >= 4 is 29.4 Å². The molecule has 0 saturated carbocycles. The van der Waals surface area contributed by atoms with Gasteiger partial charge in [0.1, 0.15) is 5.69 Å². The number of thioether (sulfide) groups is 1. The normalized spacial score (nSPS) is 10.5. The number of benzene rings is 1. The fourth-order valence-corrected chi connectivity index (χ4v) is 2.67. The predicted molar refractivity (Wildman–Crippen MR) is 97.9 cm³/mol. The van der Waals surface area contributed by atoms with Crippen LogP contribution in [0.25, 0.3) is 11.6 Å². The second kappa shape index (κ2) is 7.87. The van der Waals surface area contributed by atoms with E-state index in [0.29, 0.717) is 17.3 Å². The average molecular weight is 371 g/mol. The zero-order chi connectivity index (χ0) is 18.5. The number of imide groups is 1. The van der Waals surface area contributed by atoms with Crippen molar-refractivity contribution in [2.24, 2.45) is 0 Å². The van der Waals surface area contributed by atoms with E-state index in [1.807, 2.05) is 32.0 Å². The maximum atomic E-state index is 11.9. The Morgan fingerprint density at radius 1 is 1.19 bits per heavy atom. The van der Waals surface area contributed by atoms with E-state index in [0.717, 1.165) is 22.9 Å². The molecule has 3 rings (SSSR count). The number of hydrogen-bond donors (Lipinski definition) is 3. The van der Waals surface area contributed by atoms with Crippen molar-refractivity contribution in [1.29, 1.82) is 0 Å². The summed E-state index contributed by atoms with van der Waals surface area (Å²) in [6.45, 7) is 3.94. The molecule has 0 fully saturated rings. The van der Waals surface area contributed by atoms with Crippen LogP contribution in [0.5, 0.6) is 0 Å². The van der Waals surface area contributed by atoms with Crippen LogP contribution in [0.4, 0.5) is 10.5 Å². The van der Waals surface area contributed by atoms with Gasteiger partial charge in [-0.05, 0) is 49.2 Å². The van der Waals surface area contributed by atoms with Gasteiger partial charge in [0, 0.05) is 11.9 Å². The molecule has 3 aromatic rings. The summed E-state index contributed by atoms with van der Waals surface area (Å²) >= 11 is 1.05. The van der Waals surface area contributed by atoms with E-state index in [1.165, 1.54) is 0 Å². The maximum absolute atomic E-state index is 11.9. The fraction of sp³-hybridized carbons (Fsp3) is 0.176. The lowest BCUT2D eigenvalue weighted by Gasteiger charge is -2.08. The van der Waals surface area contributed by atoms with Crippen molar-refractivity contribution in [2.45, 2.75) is 19.1 Å². The lowest BCUT2D eigenvalue weighted by Crippen LogP contribution is -2.35. The smallest absolute Gasteiger partial charge is 0.325 e. The number of H-pyrrole nitrogens is 1. The summed E-state index contributed by atoms with van der Waals surface area (Å²) in [6, 6.07) is 8.55. The minimum atomic E-state index is -0.587. The first-order chi connectivity index (χ1) is 12.5. The molecular formula is C17H17N5O3S. The molecule has 2 aromatic heterocycles. The molecule has 0 atom stereocenters. The van der Waals surface area contributed by atoms with Crippen molar-refractivity contribution in [2.75, 3.05) is 11.1 Å². The van der Waals surface area contributed by atoms with Crippen LogP contribution in [0.3, 0.4) is 0 Å². The van der Waals surface area contributed by atoms with Crippen LogP contribution in [0.15, 0.2) is 46.2 Å². The molecule has 0 aliphatic rings. The molecule has 9 heteroatoms. The number of nitrogens with zero attached hydrogens (tertiary/aromatic N) is 2. The number of urea groups is 1. The highest BCUT2D eigenvalue weighted by Gasteiger charge is 2.13. The van der Waals surface area contributed by atoms with Crippen LogP contribution < -0.4 is 10.6 Å². The largest absolute Gasteiger partial charge is 0.410 e. The highest BCUT2D eigenvalue weighted by Crippen LogP contribution is 2.21. The van der Waals surface area contributed by atoms with Crippen molar-refractivity contribution in [1.82, 2.24) is 20.5 Å². The highest BCUT2D eigenvalue weighted by molar-refractivity contribution is 7.99. The summed E-state index contributed by atoms with van der Waals surface area (Å²) in [7, 11) is 0. The van der Waals surface area contributed by atoms with Gasteiger partial charge in [-0.15, -0.1) is 10.2 Å². The third kappa shape index (κ3) is 4.51. The molecule has 2 heterocycles. The number of aryl methyl sites for hydroxylation is 2. The molecule has 0 bridgehead atoms. The topological polar surface area (TPSA) is 113 Å². The summed E-state index contributed by atoms with van der Waals surface area (Å²) in [5.41, 5.74) is 3.50. The van der Waals surface area contributed by atoms with E-state index in [1.54, 1.807) is 18.3 Å². The van der Waals surface area contributed by atoms with E-state index in [4.69, 9.17) is 4.42 Å². The van der Waals surface area contributed by atoms with Crippen LogP contribution in [0.1, 0.15) is 11.1 Å². The van der Waals surface area contributed by atoms with Gasteiger partial charge in [-0.2, -0.15) is 0 Å². The van der Waals surface area contributed by atoms with E-state index in [2.05, 4.69) is 25.8 Å². The quantitative estimate of drug-likeness (QED) is 0.594. The summed E-state index contributed by atoms with van der Waals surface area (Å²) < 4.78 is 5.43. The molecule has 3 N–H and O–H groups in total. The van der Waals surface area contributed by atoms with Crippen LogP contribution in [-0.4, -0.2) is 32.9 Å². The van der Waals surface area contributed by atoms with Gasteiger partial charge < -0.3 is 14.7 Å². The molecular weight excluding hydrogens is 354 g/mol. The molecule has 8 nitrogen and oxygen atoms in total. The molecule has 0 spiro atoms. The van der Waals surface area contributed by atoms with Gasteiger partial charge in [-0.1, -0.05) is 17.8 Å². The fourth-order valence-electron chi connectivity index (χ4n) is 2.11. The third-order valence-electron chi connectivity index (χ3n) is 3.58. The van der Waals surface area contributed by atoms with E-state index in [-0.39, 0.29) is 11.0 Å². The van der Waals surface area contributed by atoms with E-state index >= 15 is 0 Å². The molecule has 0 aliphatic heterocycles. The number of amides is 3. The predicted octanol–water partition coefficient (Wildman–Crippen LogP) is 3.12. The Morgan fingerprint density at radius 3 is 2.77 bits per heavy atom. The van der Waals surface area contributed by atoms with Crippen LogP contribution in [0, 0.1) is 13.8 Å². The Balaban J connectivity index is 1.48.